The molecule has 0 atom stereocenters. The molecule has 1 aromatic heterocycles. The van der Waals surface area contributed by atoms with Gasteiger partial charge in [-0.25, -0.2) is 4.39 Å². The van der Waals surface area contributed by atoms with Gasteiger partial charge in [0.1, 0.15) is 5.82 Å². The highest BCUT2D eigenvalue weighted by molar-refractivity contribution is 7.16. The molecular formula is C12H10Cl2FNS. The van der Waals surface area contributed by atoms with E-state index in [-0.39, 0.29) is 5.82 Å². The third-order valence-corrected chi connectivity index (χ3v) is 3.72. The highest BCUT2D eigenvalue weighted by atomic mass is 35.5. The standard InChI is InChI=1S/C12H10Cl2FNS/c13-9-1-3-11(15)8(5-9)6-16-7-10-2-4-12(14)17-10/h1-5,16H,6-7H2. The number of halogens is 3. The molecule has 0 aliphatic carbocycles. The first kappa shape index (κ1) is 12.8. The first-order valence-corrected chi connectivity index (χ1v) is 6.61. The fourth-order valence-corrected chi connectivity index (χ4v) is 2.70. The quantitative estimate of drug-likeness (QED) is 0.875. The molecule has 17 heavy (non-hydrogen) atoms. The van der Waals surface area contributed by atoms with Gasteiger partial charge in [-0.3, -0.25) is 0 Å². The molecule has 0 fully saturated rings. The van der Waals surface area contributed by atoms with Crippen LogP contribution in [0.2, 0.25) is 9.36 Å². The van der Waals surface area contributed by atoms with Gasteiger partial charge in [0.05, 0.1) is 4.34 Å². The Labute approximate surface area is 113 Å². The minimum absolute atomic E-state index is 0.244. The van der Waals surface area contributed by atoms with Crippen LogP contribution in [0.5, 0.6) is 0 Å². The second-order valence-corrected chi connectivity index (χ2v) is 5.78. The Bertz CT molecular complexity index is 513. The van der Waals surface area contributed by atoms with Crippen molar-refractivity contribution in [1.29, 1.82) is 0 Å². The van der Waals surface area contributed by atoms with Crippen molar-refractivity contribution >= 4 is 34.5 Å². The van der Waals surface area contributed by atoms with Gasteiger partial charge in [0.25, 0.3) is 0 Å². The number of hydrogen-bond donors (Lipinski definition) is 1. The van der Waals surface area contributed by atoms with Gasteiger partial charge in [0.2, 0.25) is 0 Å². The molecule has 2 rings (SSSR count). The van der Waals surface area contributed by atoms with Gasteiger partial charge in [-0.2, -0.15) is 0 Å². The number of hydrogen-bond acceptors (Lipinski definition) is 2. The predicted molar refractivity (Wildman–Crippen MR) is 71.3 cm³/mol. The van der Waals surface area contributed by atoms with Gasteiger partial charge in [-0.15, -0.1) is 11.3 Å². The Kier molecular flexibility index (Phi) is 4.40. The summed E-state index contributed by atoms with van der Waals surface area (Å²) in [7, 11) is 0. The second-order valence-electron chi connectivity index (χ2n) is 3.55. The molecule has 0 spiro atoms. The Hall–Kier alpha value is -0.610. The molecule has 0 unspecified atom stereocenters. The molecule has 1 aromatic carbocycles. The summed E-state index contributed by atoms with van der Waals surface area (Å²) in [5.74, 6) is -0.244. The topological polar surface area (TPSA) is 12.0 Å². The molecular weight excluding hydrogens is 280 g/mol. The van der Waals surface area contributed by atoms with Crippen LogP contribution in [0.15, 0.2) is 30.3 Å². The summed E-state index contributed by atoms with van der Waals surface area (Å²) >= 11 is 13.1. The summed E-state index contributed by atoms with van der Waals surface area (Å²) in [6.07, 6.45) is 0. The van der Waals surface area contributed by atoms with Crippen molar-refractivity contribution in [3.05, 3.63) is 55.9 Å². The highest BCUT2D eigenvalue weighted by Gasteiger charge is 2.03. The van der Waals surface area contributed by atoms with E-state index in [0.29, 0.717) is 23.7 Å². The zero-order chi connectivity index (χ0) is 12.3. The van der Waals surface area contributed by atoms with E-state index in [1.807, 2.05) is 12.1 Å². The van der Waals surface area contributed by atoms with E-state index < -0.39 is 0 Å². The summed E-state index contributed by atoms with van der Waals surface area (Å²) in [4.78, 5) is 1.12. The van der Waals surface area contributed by atoms with Crippen molar-refractivity contribution in [2.45, 2.75) is 13.1 Å². The summed E-state index contributed by atoms with van der Waals surface area (Å²) < 4.78 is 14.1. The fourth-order valence-electron chi connectivity index (χ4n) is 1.45. The largest absolute Gasteiger partial charge is 0.308 e. The van der Waals surface area contributed by atoms with Crippen molar-refractivity contribution < 1.29 is 4.39 Å². The van der Waals surface area contributed by atoms with Crippen LogP contribution in [-0.4, -0.2) is 0 Å². The molecule has 90 valence electrons. The molecule has 1 N–H and O–H groups in total. The van der Waals surface area contributed by atoms with Gasteiger partial charge in [-0.05, 0) is 30.3 Å². The van der Waals surface area contributed by atoms with E-state index in [1.54, 1.807) is 12.1 Å². The summed E-state index contributed by atoms with van der Waals surface area (Å²) in [6, 6.07) is 8.35. The van der Waals surface area contributed by atoms with E-state index in [1.165, 1.54) is 17.4 Å². The molecule has 0 aliphatic rings. The second kappa shape index (κ2) is 5.83. The van der Waals surface area contributed by atoms with Gasteiger partial charge < -0.3 is 5.32 Å². The zero-order valence-electron chi connectivity index (χ0n) is 8.84. The average Bonchev–Trinajstić information content (AvgIpc) is 2.69. The van der Waals surface area contributed by atoms with Crippen molar-refractivity contribution in [1.82, 2.24) is 5.32 Å². The van der Waals surface area contributed by atoms with Crippen LogP contribution < -0.4 is 5.32 Å². The van der Waals surface area contributed by atoms with E-state index in [4.69, 9.17) is 23.2 Å². The Morgan fingerprint density at radius 2 is 1.94 bits per heavy atom. The molecule has 0 saturated carbocycles. The lowest BCUT2D eigenvalue weighted by molar-refractivity contribution is 0.589. The lowest BCUT2D eigenvalue weighted by Gasteiger charge is -2.05. The first-order chi connectivity index (χ1) is 8.15. The van der Waals surface area contributed by atoms with Crippen LogP contribution in [0, 0.1) is 5.82 Å². The van der Waals surface area contributed by atoms with E-state index in [9.17, 15) is 4.39 Å². The van der Waals surface area contributed by atoms with Crippen LogP contribution in [-0.2, 0) is 13.1 Å². The van der Waals surface area contributed by atoms with Gasteiger partial charge in [0, 0.05) is 28.6 Å². The molecule has 0 bridgehead atoms. The fraction of sp³-hybridized carbons (Fsp3) is 0.167. The first-order valence-electron chi connectivity index (χ1n) is 5.04. The summed E-state index contributed by atoms with van der Waals surface area (Å²) in [5, 5.41) is 3.70. The Balaban J connectivity index is 1.91. The number of rotatable bonds is 4. The molecule has 0 radical (unpaired) electrons. The van der Waals surface area contributed by atoms with E-state index in [2.05, 4.69) is 5.32 Å². The maximum atomic E-state index is 13.4. The van der Waals surface area contributed by atoms with Gasteiger partial charge >= 0.3 is 0 Å². The van der Waals surface area contributed by atoms with Crippen LogP contribution in [0.3, 0.4) is 0 Å². The minimum atomic E-state index is -0.244. The smallest absolute Gasteiger partial charge is 0.127 e. The Morgan fingerprint density at radius 1 is 1.12 bits per heavy atom. The van der Waals surface area contributed by atoms with Crippen molar-refractivity contribution in [3.63, 3.8) is 0 Å². The van der Waals surface area contributed by atoms with Crippen molar-refractivity contribution in [2.24, 2.45) is 0 Å². The monoisotopic (exact) mass is 289 g/mol. The number of thiophene rings is 1. The maximum absolute atomic E-state index is 13.4. The summed E-state index contributed by atoms with van der Waals surface area (Å²) in [5.41, 5.74) is 0.570. The molecule has 5 heteroatoms. The third kappa shape index (κ3) is 3.68. The normalized spacial score (nSPS) is 10.8. The predicted octanol–water partition coefficient (Wildman–Crippen LogP) is 4.48. The Morgan fingerprint density at radius 3 is 2.65 bits per heavy atom. The van der Waals surface area contributed by atoms with Gasteiger partial charge in [0.15, 0.2) is 0 Å². The van der Waals surface area contributed by atoms with Crippen LogP contribution >= 0.6 is 34.5 Å². The molecule has 1 nitrogen and oxygen atoms in total. The lowest BCUT2D eigenvalue weighted by Crippen LogP contribution is -2.12. The molecule has 0 amide bonds. The molecule has 1 heterocycles. The average molecular weight is 290 g/mol. The van der Waals surface area contributed by atoms with E-state index in [0.717, 1.165) is 9.21 Å². The maximum Gasteiger partial charge on any atom is 0.127 e. The lowest BCUT2D eigenvalue weighted by atomic mass is 10.2. The van der Waals surface area contributed by atoms with Gasteiger partial charge in [-0.1, -0.05) is 23.2 Å². The SMILES string of the molecule is Fc1ccc(Cl)cc1CNCc1ccc(Cl)s1. The molecule has 0 aliphatic heterocycles. The van der Waals surface area contributed by atoms with Crippen LogP contribution in [0.4, 0.5) is 4.39 Å². The van der Waals surface area contributed by atoms with Crippen LogP contribution in [0.1, 0.15) is 10.4 Å². The zero-order valence-corrected chi connectivity index (χ0v) is 11.2. The minimum Gasteiger partial charge on any atom is -0.308 e. The number of benzene rings is 1. The van der Waals surface area contributed by atoms with Crippen LogP contribution in [0.25, 0.3) is 0 Å². The number of nitrogens with one attached hydrogen (secondary N) is 1. The van der Waals surface area contributed by atoms with E-state index >= 15 is 0 Å². The third-order valence-electron chi connectivity index (χ3n) is 2.25. The molecule has 0 saturated heterocycles. The summed E-state index contributed by atoms with van der Waals surface area (Å²) in [6.45, 7) is 1.12. The molecule has 2 aromatic rings. The van der Waals surface area contributed by atoms with Crippen molar-refractivity contribution in [2.75, 3.05) is 0 Å². The van der Waals surface area contributed by atoms with Crippen molar-refractivity contribution in [3.8, 4) is 0 Å². The highest BCUT2D eigenvalue weighted by Crippen LogP contribution is 2.21.